The number of nitrogens with zero attached hydrogens (tertiary/aromatic N) is 4. The molecule has 1 saturated heterocycles. The van der Waals surface area contributed by atoms with Gasteiger partial charge in [-0.05, 0) is 27.1 Å². The Hall–Kier alpha value is -0.910. The van der Waals surface area contributed by atoms with Gasteiger partial charge in [-0.2, -0.15) is 5.10 Å². The molecule has 2 rings (SSSR count). The Kier molecular flexibility index (Phi) is 3.81. The molecule has 1 fully saturated rings. The first kappa shape index (κ1) is 12.5. The number of hydrogen-bond acceptors (Lipinski definition) is 4. The van der Waals surface area contributed by atoms with Crippen molar-refractivity contribution in [1.29, 1.82) is 0 Å². The lowest BCUT2D eigenvalue weighted by Gasteiger charge is -2.22. The summed E-state index contributed by atoms with van der Waals surface area (Å²) in [6.45, 7) is 3.20. The normalized spacial score (nSPS) is 23.5. The highest BCUT2D eigenvalue weighted by molar-refractivity contribution is 5.10. The second-order valence-electron chi connectivity index (χ2n) is 5.22. The molecule has 5 nitrogen and oxygen atoms in total. The molecule has 2 N–H and O–H groups in total. The van der Waals surface area contributed by atoms with Crippen molar-refractivity contribution in [2.45, 2.75) is 18.5 Å². The summed E-state index contributed by atoms with van der Waals surface area (Å²) in [4.78, 5) is 4.75. The molecule has 96 valence electrons. The molecular formula is C12H23N5. The lowest BCUT2D eigenvalue weighted by Crippen LogP contribution is -2.34. The summed E-state index contributed by atoms with van der Waals surface area (Å²) in [5.74, 6) is 0. The summed E-state index contributed by atoms with van der Waals surface area (Å²) in [6, 6.07) is 0.751. The molecule has 0 radical (unpaired) electrons. The van der Waals surface area contributed by atoms with Gasteiger partial charge in [0, 0.05) is 44.0 Å². The number of nitrogens with two attached hydrogens (primary N) is 1. The summed E-state index contributed by atoms with van der Waals surface area (Å²) in [6.07, 6.45) is 5.11. The average Bonchev–Trinajstić information content (AvgIpc) is 2.86. The molecule has 0 spiro atoms. The molecule has 1 aromatic rings. The molecule has 0 bridgehead atoms. The van der Waals surface area contributed by atoms with E-state index >= 15 is 0 Å². The highest BCUT2D eigenvalue weighted by Crippen LogP contribution is 2.17. The Bertz CT molecular complexity index is 360. The van der Waals surface area contributed by atoms with Gasteiger partial charge < -0.3 is 10.6 Å². The van der Waals surface area contributed by atoms with Gasteiger partial charge in [-0.25, -0.2) is 0 Å². The van der Waals surface area contributed by atoms with Crippen molar-refractivity contribution < 1.29 is 0 Å². The summed E-state index contributed by atoms with van der Waals surface area (Å²) in [5.41, 5.74) is 7.33. The van der Waals surface area contributed by atoms with Gasteiger partial charge in [0.1, 0.15) is 0 Å². The van der Waals surface area contributed by atoms with E-state index in [-0.39, 0.29) is 6.04 Å². The number of aryl methyl sites for hydroxylation is 1. The van der Waals surface area contributed by atoms with Crippen molar-refractivity contribution in [3.05, 3.63) is 18.0 Å². The monoisotopic (exact) mass is 237 g/mol. The Morgan fingerprint density at radius 1 is 1.59 bits per heavy atom. The predicted molar refractivity (Wildman–Crippen MR) is 68.7 cm³/mol. The number of aromatic nitrogens is 2. The van der Waals surface area contributed by atoms with Crippen LogP contribution in [0.5, 0.6) is 0 Å². The zero-order chi connectivity index (χ0) is 12.4. The minimum absolute atomic E-state index is 0.0737. The van der Waals surface area contributed by atoms with Crippen molar-refractivity contribution in [3.63, 3.8) is 0 Å². The molecule has 2 unspecified atom stereocenters. The van der Waals surface area contributed by atoms with Crippen LogP contribution in [0, 0.1) is 0 Å². The van der Waals surface area contributed by atoms with E-state index in [4.69, 9.17) is 5.73 Å². The Labute approximate surface area is 103 Å². The molecule has 0 aliphatic carbocycles. The maximum absolute atomic E-state index is 6.20. The van der Waals surface area contributed by atoms with Crippen LogP contribution in [0.15, 0.2) is 12.4 Å². The van der Waals surface area contributed by atoms with Gasteiger partial charge in [0.2, 0.25) is 0 Å². The van der Waals surface area contributed by atoms with E-state index in [1.807, 2.05) is 24.1 Å². The topological polar surface area (TPSA) is 50.3 Å². The summed E-state index contributed by atoms with van der Waals surface area (Å²) in [7, 11) is 6.22. The number of rotatable bonds is 4. The van der Waals surface area contributed by atoms with Crippen LogP contribution in [0.1, 0.15) is 18.0 Å². The number of likely N-dealkylation sites (tertiary alicyclic amines) is 1. The number of likely N-dealkylation sites (N-methyl/N-ethyl adjacent to an activating group) is 1. The van der Waals surface area contributed by atoms with Crippen LogP contribution in [0.3, 0.4) is 0 Å². The quantitative estimate of drug-likeness (QED) is 0.804. The molecular weight excluding hydrogens is 214 g/mol. The molecule has 2 atom stereocenters. The third-order valence-corrected chi connectivity index (χ3v) is 3.59. The van der Waals surface area contributed by atoms with Crippen LogP contribution < -0.4 is 5.73 Å². The van der Waals surface area contributed by atoms with Gasteiger partial charge in [0.05, 0.1) is 6.20 Å². The Balaban J connectivity index is 1.86. The van der Waals surface area contributed by atoms with Crippen molar-refractivity contribution in [2.75, 3.05) is 33.7 Å². The zero-order valence-electron chi connectivity index (χ0n) is 11.0. The predicted octanol–water partition coefficient (Wildman–Crippen LogP) is 0.0558. The Morgan fingerprint density at radius 3 is 2.88 bits per heavy atom. The molecule has 17 heavy (non-hydrogen) atoms. The zero-order valence-corrected chi connectivity index (χ0v) is 11.0. The fraction of sp³-hybridized carbons (Fsp3) is 0.750. The minimum Gasteiger partial charge on any atom is -0.323 e. The molecule has 0 saturated carbocycles. The van der Waals surface area contributed by atoms with E-state index in [0.29, 0.717) is 6.04 Å². The smallest absolute Gasteiger partial charge is 0.0537 e. The van der Waals surface area contributed by atoms with Gasteiger partial charge in [0.15, 0.2) is 0 Å². The maximum Gasteiger partial charge on any atom is 0.0537 e. The van der Waals surface area contributed by atoms with Crippen molar-refractivity contribution in [1.82, 2.24) is 19.6 Å². The van der Waals surface area contributed by atoms with Crippen LogP contribution in [-0.4, -0.2) is 59.4 Å². The molecule has 0 aromatic carbocycles. The highest BCUT2D eigenvalue weighted by atomic mass is 15.3. The van der Waals surface area contributed by atoms with E-state index < -0.39 is 0 Å². The standard InChI is InChI=1S/C12H23N5/c1-15(2)11-4-5-17(8-11)9-12(13)10-6-14-16(3)7-10/h6-7,11-12H,4-5,8-9,13H2,1-3H3. The molecule has 0 amide bonds. The molecule has 1 aliphatic heterocycles. The van der Waals surface area contributed by atoms with E-state index in [1.54, 1.807) is 0 Å². The van der Waals surface area contributed by atoms with Crippen molar-refractivity contribution in [3.8, 4) is 0 Å². The highest BCUT2D eigenvalue weighted by Gasteiger charge is 2.25. The SMILES string of the molecule is CN(C)C1CCN(CC(N)c2cnn(C)c2)C1. The van der Waals surface area contributed by atoms with Crippen LogP contribution in [0.4, 0.5) is 0 Å². The number of hydrogen-bond donors (Lipinski definition) is 1. The second-order valence-corrected chi connectivity index (χ2v) is 5.22. The van der Waals surface area contributed by atoms with Crippen molar-refractivity contribution >= 4 is 0 Å². The van der Waals surface area contributed by atoms with Crippen LogP contribution in [-0.2, 0) is 7.05 Å². The lowest BCUT2D eigenvalue weighted by molar-refractivity contribution is 0.260. The molecule has 5 heteroatoms. The van der Waals surface area contributed by atoms with Crippen LogP contribution in [0.2, 0.25) is 0 Å². The summed E-state index contributed by atoms with van der Waals surface area (Å²) < 4.78 is 1.81. The van der Waals surface area contributed by atoms with E-state index in [0.717, 1.165) is 25.2 Å². The van der Waals surface area contributed by atoms with E-state index in [2.05, 4.69) is 29.0 Å². The fourth-order valence-electron chi connectivity index (χ4n) is 2.41. The van der Waals surface area contributed by atoms with Gasteiger partial charge in [-0.3, -0.25) is 9.58 Å². The molecule has 1 aliphatic rings. The van der Waals surface area contributed by atoms with Gasteiger partial charge >= 0.3 is 0 Å². The first-order valence-corrected chi connectivity index (χ1v) is 6.19. The largest absolute Gasteiger partial charge is 0.323 e. The minimum atomic E-state index is 0.0737. The third kappa shape index (κ3) is 3.06. The first-order valence-electron chi connectivity index (χ1n) is 6.19. The van der Waals surface area contributed by atoms with Gasteiger partial charge in [0.25, 0.3) is 0 Å². The summed E-state index contributed by atoms with van der Waals surface area (Å²) in [5, 5.41) is 4.17. The first-order chi connectivity index (χ1) is 8.06. The summed E-state index contributed by atoms with van der Waals surface area (Å²) >= 11 is 0. The van der Waals surface area contributed by atoms with Gasteiger partial charge in [-0.1, -0.05) is 0 Å². The Morgan fingerprint density at radius 2 is 2.35 bits per heavy atom. The maximum atomic E-state index is 6.20. The van der Waals surface area contributed by atoms with E-state index in [9.17, 15) is 0 Å². The fourth-order valence-corrected chi connectivity index (χ4v) is 2.41. The van der Waals surface area contributed by atoms with Crippen LogP contribution >= 0.6 is 0 Å². The second kappa shape index (κ2) is 5.16. The lowest BCUT2D eigenvalue weighted by atomic mass is 10.1. The van der Waals surface area contributed by atoms with E-state index in [1.165, 1.54) is 6.42 Å². The van der Waals surface area contributed by atoms with Crippen LogP contribution in [0.25, 0.3) is 0 Å². The molecule has 1 aromatic heterocycles. The van der Waals surface area contributed by atoms with Gasteiger partial charge in [-0.15, -0.1) is 0 Å². The third-order valence-electron chi connectivity index (χ3n) is 3.59. The average molecular weight is 237 g/mol. The molecule has 2 heterocycles. The van der Waals surface area contributed by atoms with Crippen molar-refractivity contribution in [2.24, 2.45) is 12.8 Å².